The smallest absolute Gasteiger partial charge is 0.319 e. The third-order valence-corrected chi connectivity index (χ3v) is 3.35. The number of anilines is 1. The van der Waals surface area contributed by atoms with Gasteiger partial charge in [-0.15, -0.1) is 0 Å². The molecule has 0 fully saturated rings. The molecule has 0 aliphatic heterocycles. The summed E-state index contributed by atoms with van der Waals surface area (Å²) in [6, 6.07) is 6.84. The Balaban J connectivity index is 2.37. The predicted molar refractivity (Wildman–Crippen MR) is 86.8 cm³/mol. The summed E-state index contributed by atoms with van der Waals surface area (Å²) in [6.45, 7) is 7.94. The summed E-state index contributed by atoms with van der Waals surface area (Å²) < 4.78 is 0. The van der Waals surface area contributed by atoms with E-state index in [2.05, 4.69) is 24.5 Å². The first-order chi connectivity index (χ1) is 9.88. The fourth-order valence-corrected chi connectivity index (χ4v) is 2.08. The van der Waals surface area contributed by atoms with Crippen molar-refractivity contribution in [3.63, 3.8) is 0 Å². The first-order valence-electron chi connectivity index (χ1n) is 7.57. The SMILES string of the molecule is CC(=O)c1ccc(NC(=O)NC(C)CCCC(C)C)cc1. The van der Waals surface area contributed by atoms with E-state index in [0.717, 1.165) is 12.8 Å². The third kappa shape index (κ3) is 6.93. The Labute approximate surface area is 127 Å². The number of rotatable bonds is 7. The molecular formula is C17H26N2O2. The molecule has 0 radical (unpaired) electrons. The molecule has 0 aromatic heterocycles. The molecule has 1 aromatic carbocycles. The highest BCUT2D eigenvalue weighted by atomic mass is 16.2. The Hall–Kier alpha value is -1.84. The van der Waals surface area contributed by atoms with Gasteiger partial charge in [-0.2, -0.15) is 0 Å². The second-order valence-electron chi connectivity index (χ2n) is 5.96. The van der Waals surface area contributed by atoms with Gasteiger partial charge in [-0.25, -0.2) is 4.79 Å². The summed E-state index contributed by atoms with van der Waals surface area (Å²) in [5.41, 5.74) is 1.33. The topological polar surface area (TPSA) is 58.2 Å². The first kappa shape index (κ1) is 17.2. The summed E-state index contributed by atoms with van der Waals surface area (Å²) in [5, 5.41) is 5.70. The van der Waals surface area contributed by atoms with Gasteiger partial charge in [-0.3, -0.25) is 4.79 Å². The first-order valence-corrected chi connectivity index (χ1v) is 7.57. The number of carbonyl (C=O) groups is 2. The Morgan fingerprint density at radius 2 is 1.67 bits per heavy atom. The van der Waals surface area contributed by atoms with Gasteiger partial charge >= 0.3 is 6.03 Å². The molecular weight excluding hydrogens is 264 g/mol. The molecule has 21 heavy (non-hydrogen) atoms. The molecule has 1 aromatic rings. The second-order valence-corrected chi connectivity index (χ2v) is 5.96. The van der Waals surface area contributed by atoms with Gasteiger partial charge in [0.25, 0.3) is 0 Å². The third-order valence-electron chi connectivity index (χ3n) is 3.35. The molecule has 4 heteroatoms. The van der Waals surface area contributed by atoms with Crippen LogP contribution in [0.1, 0.15) is 57.3 Å². The van der Waals surface area contributed by atoms with Crippen LogP contribution in [0.3, 0.4) is 0 Å². The zero-order valence-corrected chi connectivity index (χ0v) is 13.4. The monoisotopic (exact) mass is 290 g/mol. The van der Waals surface area contributed by atoms with E-state index in [1.54, 1.807) is 24.3 Å². The highest BCUT2D eigenvalue weighted by molar-refractivity contribution is 5.95. The number of nitrogens with one attached hydrogen (secondary N) is 2. The van der Waals surface area contributed by atoms with Crippen LogP contribution in [0, 0.1) is 5.92 Å². The Morgan fingerprint density at radius 3 is 2.19 bits per heavy atom. The van der Waals surface area contributed by atoms with Crippen LogP contribution in [0.25, 0.3) is 0 Å². The zero-order chi connectivity index (χ0) is 15.8. The van der Waals surface area contributed by atoms with E-state index >= 15 is 0 Å². The van der Waals surface area contributed by atoms with Crippen molar-refractivity contribution in [1.82, 2.24) is 5.32 Å². The van der Waals surface area contributed by atoms with Crippen molar-refractivity contribution in [1.29, 1.82) is 0 Å². The lowest BCUT2D eigenvalue weighted by Crippen LogP contribution is -2.36. The molecule has 4 nitrogen and oxygen atoms in total. The molecule has 0 heterocycles. The lowest BCUT2D eigenvalue weighted by molar-refractivity contribution is 0.101. The zero-order valence-electron chi connectivity index (χ0n) is 13.4. The average Bonchev–Trinajstić information content (AvgIpc) is 2.38. The quantitative estimate of drug-likeness (QED) is 0.738. The summed E-state index contributed by atoms with van der Waals surface area (Å²) in [7, 11) is 0. The molecule has 0 saturated carbocycles. The van der Waals surface area contributed by atoms with Gasteiger partial charge in [0, 0.05) is 17.3 Å². The minimum absolute atomic E-state index is 0.0183. The van der Waals surface area contributed by atoms with Crippen molar-refractivity contribution >= 4 is 17.5 Å². The van der Waals surface area contributed by atoms with Crippen LogP contribution in [-0.2, 0) is 0 Å². The van der Waals surface area contributed by atoms with Crippen molar-refractivity contribution in [3.05, 3.63) is 29.8 Å². The number of Topliss-reactive ketones (excluding diaryl/α,β-unsaturated/α-hetero) is 1. The number of urea groups is 1. The number of hydrogen-bond acceptors (Lipinski definition) is 2. The number of ketones is 1. The lowest BCUT2D eigenvalue weighted by atomic mass is 10.0. The van der Waals surface area contributed by atoms with Gasteiger partial charge in [-0.1, -0.05) is 26.7 Å². The Kier molecular flexibility index (Phi) is 6.92. The van der Waals surface area contributed by atoms with Crippen molar-refractivity contribution in [2.45, 2.75) is 53.0 Å². The van der Waals surface area contributed by atoms with Crippen LogP contribution in [0.15, 0.2) is 24.3 Å². The maximum atomic E-state index is 11.8. The standard InChI is InChI=1S/C17H26N2O2/c1-12(2)6-5-7-13(3)18-17(21)19-16-10-8-15(9-11-16)14(4)20/h8-13H,5-7H2,1-4H3,(H2,18,19,21). The average molecular weight is 290 g/mol. The van der Waals surface area contributed by atoms with Gasteiger partial charge in [0.2, 0.25) is 0 Å². The molecule has 1 rings (SSSR count). The van der Waals surface area contributed by atoms with E-state index in [9.17, 15) is 9.59 Å². The largest absolute Gasteiger partial charge is 0.335 e. The van der Waals surface area contributed by atoms with Crippen LogP contribution in [0.2, 0.25) is 0 Å². The molecule has 0 bridgehead atoms. The highest BCUT2D eigenvalue weighted by Crippen LogP contribution is 2.11. The van der Waals surface area contributed by atoms with E-state index in [-0.39, 0.29) is 17.9 Å². The number of hydrogen-bond donors (Lipinski definition) is 2. The van der Waals surface area contributed by atoms with E-state index in [1.807, 2.05) is 6.92 Å². The van der Waals surface area contributed by atoms with Gasteiger partial charge in [-0.05, 0) is 50.5 Å². The molecule has 2 amide bonds. The molecule has 1 unspecified atom stereocenters. The molecule has 116 valence electrons. The Morgan fingerprint density at radius 1 is 1.05 bits per heavy atom. The van der Waals surface area contributed by atoms with Gasteiger partial charge in [0.05, 0.1) is 0 Å². The van der Waals surface area contributed by atoms with E-state index in [0.29, 0.717) is 17.2 Å². The van der Waals surface area contributed by atoms with E-state index in [1.165, 1.54) is 13.3 Å². The second kappa shape index (κ2) is 8.45. The van der Waals surface area contributed by atoms with Crippen molar-refractivity contribution in [2.75, 3.05) is 5.32 Å². The van der Waals surface area contributed by atoms with Crippen LogP contribution in [0.4, 0.5) is 10.5 Å². The van der Waals surface area contributed by atoms with Crippen LogP contribution >= 0.6 is 0 Å². The normalized spacial score (nSPS) is 12.0. The van der Waals surface area contributed by atoms with E-state index in [4.69, 9.17) is 0 Å². The number of carbonyl (C=O) groups excluding carboxylic acids is 2. The summed E-state index contributed by atoms with van der Waals surface area (Å²) in [6.07, 6.45) is 3.28. The molecule has 0 saturated heterocycles. The molecule has 1 atom stereocenters. The summed E-state index contributed by atoms with van der Waals surface area (Å²) in [4.78, 5) is 23.0. The van der Waals surface area contributed by atoms with Crippen molar-refractivity contribution in [2.24, 2.45) is 5.92 Å². The predicted octanol–water partition coefficient (Wildman–Crippen LogP) is 4.23. The fourth-order valence-electron chi connectivity index (χ4n) is 2.08. The maximum Gasteiger partial charge on any atom is 0.319 e. The molecule has 0 spiro atoms. The van der Waals surface area contributed by atoms with Crippen LogP contribution < -0.4 is 10.6 Å². The highest BCUT2D eigenvalue weighted by Gasteiger charge is 2.08. The number of amides is 2. The summed E-state index contributed by atoms with van der Waals surface area (Å²) >= 11 is 0. The number of benzene rings is 1. The van der Waals surface area contributed by atoms with Gasteiger partial charge in [0.15, 0.2) is 5.78 Å². The van der Waals surface area contributed by atoms with Crippen molar-refractivity contribution < 1.29 is 9.59 Å². The minimum Gasteiger partial charge on any atom is -0.335 e. The van der Waals surface area contributed by atoms with Crippen LogP contribution in [-0.4, -0.2) is 17.9 Å². The van der Waals surface area contributed by atoms with E-state index < -0.39 is 0 Å². The van der Waals surface area contributed by atoms with Gasteiger partial charge < -0.3 is 10.6 Å². The molecule has 0 aliphatic carbocycles. The summed E-state index contributed by atoms with van der Waals surface area (Å²) in [5.74, 6) is 0.718. The lowest BCUT2D eigenvalue weighted by Gasteiger charge is -2.15. The van der Waals surface area contributed by atoms with Gasteiger partial charge in [0.1, 0.15) is 0 Å². The maximum absolute atomic E-state index is 11.8. The molecule has 0 aliphatic rings. The van der Waals surface area contributed by atoms with Crippen molar-refractivity contribution in [3.8, 4) is 0 Å². The minimum atomic E-state index is -0.206. The molecule has 2 N–H and O–H groups in total. The van der Waals surface area contributed by atoms with Crippen LogP contribution in [0.5, 0.6) is 0 Å². The Bertz CT molecular complexity index is 466. The fraction of sp³-hybridized carbons (Fsp3) is 0.529.